The van der Waals surface area contributed by atoms with Gasteiger partial charge in [0.2, 0.25) is 0 Å². The molecule has 0 spiro atoms. The van der Waals surface area contributed by atoms with Crippen LogP contribution in [0.1, 0.15) is 19.5 Å². The minimum atomic E-state index is 0.492. The second kappa shape index (κ2) is 10.6. The molecule has 0 fully saturated rings. The van der Waals surface area contributed by atoms with Gasteiger partial charge in [0.1, 0.15) is 10.8 Å². The first-order chi connectivity index (χ1) is 15.6. The van der Waals surface area contributed by atoms with Gasteiger partial charge in [-0.3, -0.25) is 4.57 Å². The van der Waals surface area contributed by atoms with Crippen LogP contribution in [-0.2, 0) is 12.3 Å². The van der Waals surface area contributed by atoms with Gasteiger partial charge in [0.25, 0.3) is 0 Å². The molecule has 0 unspecified atom stereocenters. The highest BCUT2D eigenvalue weighted by Gasteiger charge is 2.15. The van der Waals surface area contributed by atoms with Crippen molar-refractivity contribution >= 4 is 23.1 Å². The number of aromatic nitrogens is 4. The van der Waals surface area contributed by atoms with Gasteiger partial charge in [-0.05, 0) is 30.2 Å². The Morgan fingerprint density at radius 3 is 2.56 bits per heavy atom. The third-order valence-electron chi connectivity index (χ3n) is 4.65. The molecule has 4 rings (SSSR count). The van der Waals surface area contributed by atoms with E-state index >= 15 is 0 Å². The molecule has 0 aliphatic rings. The Labute approximate surface area is 197 Å². The minimum Gasteiger partial charge on any atom is -0.493 e. The Balaban J connectivity index is 1.47. The van der Waals surface area contributed by atoms with Crippen LogP contribution in [0.5, 0.6) is 5.75 Å². The minimum absolute atomic E-state index is 0.492. The first kappa shape index (κ1) is 22.3. The summed E-state index contributed by atoms with van der Waals surface area (Å²) in [6.07, 6.45) is 1.87. The molecular formula is C25H26N4OS2. The first-order valence-corrected chi connectivity index (χ1v) is 12.4. The lowest BCUT2D eigenvalue weighted by atomic mass is 10.2. The molecule has 4 aromatic rings. The van der Waals surface area contributed by atoms with Crippen molar-refractivity contribution in [3.63, 3.8) is 0 Å². The molecule has 0 N–H and O–H groups in total. The highest BCUT2D eigenvalue weighted by molar-refractivity contribution is 7.98. The van der Waals surface area contributed by atoms with Gasteiger partial charge in [0.05, 0.1) is 12.3 Å². The van der Waals surface area contributed by atoms with E-state index in [1.54, 1.807) is 23.1 Å². The van der Waals surface area contributed by atoms with Gasteiger partial charge in [-0.2, -0.15) is 0 Å². The zero-order valence-corrected chi connectivity index (χ0v) is 19.9. The summed E-state index contributed by atoms with van der Waals surface area (Å²) in [5, 5.41) is 12.9. The topological polar surface area (TPSA) is 52.8 Å². The third kappa shape index (κ3) is 5.47. The summed E-state index contributed by atoms with van der Waals surface area (Å²) in [4.78, 5) is 4.78. The summed E-state index contributed by atoms with van der Waals surface area (Å²) in [5.41, 5.74) is 3.19. The van der Waals surface area contributed by atoms with E-state index in [0.717, 1.165) is 44.3 Å². The Morgan fingerprint density at radius 1 is 1.06 bits per heavy atom. The predicted molar refractivity (Wildman–Crippen MR) is 133 cm³/mol. The Kier molecular flexibility index (Phi) is 7.39. The van der Waals surface area contributed by atoms with Crippen LogP contribution >= 0.6 is 23.1 Å². The van der Waals surface area contributed by atoms with Gasteiger partial charge >= 0.3 is 0 Å². The number of thioether (sulfide) groups is 1. The zero-order chi connectivity index (χ0) is 22.3. The maximum atomic E-state index is 5.79. The second-order valence-corrected chi connectivity index (χ2v) is 9.53. The van der Waals surface area contributed by atoms with Crippen LogP contribution in [0.3, 0.4) is 0 Å². The summed E-state index contributed by atoms with van der Waals surface area (Å²) >= 11 is 3.31. The molecule has 0 atom stereocenters. The molecule has 5 nitrogen and oxygen atoms in total. The fraction of sp³-hybridized carbons (Fsp3) is 0.240. The molecule has 164 valence electrons. The standard InChI is InChI=1S/C25H26N4OS2/c1-4-14-29-23(19-10-12-22(13-11-19)30-15-18(2)3)27-28-25(29)32-17-21-16-31-24(26-21)20-8-6-5-7-9-20/h4-13,16,18H,1,14-15,17H2,2-3H3. The van der Waals surface area contributed by atoms with E-state index in [-0.39, 0.29) is 0 Å². The molecule has 0 saturated carbocycles. The number of allylic oxidation sites excluding steroid dienone is 1. The SMILES string of the molecule is C=CCn1c(SCc2csc(-c3ccccc3)n2)nnc1-c1ccc(OCC(C)C)cc1. The van der Waals surface area contributed by atoms with E-state index in [2.05, 4.69) is 52.7 Å². The van der Waals surface area contributed by atoms with Crippen molar-refractivity contribution < 1.29 is 4.74 Å². The normalized spacial score (nSPS) is 11.1. The van der Waals surface area contributed by atoms with Crippen molar-refractivity contribution in [2.24, 2.45) is 5.92 Å². The van der Waals surface area contributed by atoms with E-state index in [1.165, 1.54) is 0 Å². The highest BCUT2D eigenvalue weighted by Crippen LogP contribution is 2.30. The Morgan fingerprint density at radius 2 is 1.84 bits per heavy atom. The van der Waals surface area contributed by atoms with Gasteiger partial charge in [-0.15, -0.1) is 28.1 Å². The molecule has 0 amide bonds. The number of thiazole rings is 1. The van der Waals surface area contributed by atoms with Crippen molar-refractivity contribution in [2.45, 2.75) is 31.3 Å². The van der Waals surface area contributed by atoms with Crippen molar-refractivity contribution in [1.29, 1.82) is 0 Å². The lowest BCUT2D eigenvalue weighted by molar-refractivity contribution is 0.271. The van der Waals surface area contributed by atoms with Crippen molar-refractivity contribution in [1.82, 2.24) is 19.7 Å². The van der Waals surface area contributed by atoms with Crippen LogP contribution in [0, 0.1) is 5.92 Å². The van der Waals surface area contributed by atoms with Crippen LogP contribution in [0.2, 0.25) is 0 Å². The van der Waals surface area contributed by atoms with Gasteiger partial charge in [0.15, 0.2) is 11.0 Å². The van der Waals surface area contributed by atoms with Gasteiger partial charge in [0, 0.05) is 28.8 Å². The average Bonchev–Trinajstić information content (AvgIpc) is 3.45. The number of ether oxygens (including phenoxy) is 1. The summed E-state index contributed by atoms with van der Waals surface area (Å²) in [7, 11) is 0. The van der Waals surface area contributed by atoms with E-state index in [4.69, 9.17) is 9.72 Å². The number of rotatable bonds is 10. The second-order valence-electron chi connectivity index (χ2n) is 7.73. The monoisotopic (exact) mass is 462 g/mol. The van der Waals surface area contributed by atoms with Crippen LogP contribution in [0.4, 0.5) is 0 Å². The Bertz CT molecular complexity index is 1150. The lowest BCUT2D eigenvalue weighted by Crippen LogP contribution is -2.04. The van der Waals surface area contributed by atoms with Gasteiger partial charge < -0.3 is 4.74 Å². The lowest BCUT2D eigenvalue weighted by Gasteiger charge is -2.10. The average molecular weight is 463 g/mol. The summed E-state index contributed by atoms with van der Waals surface area (Å²) < 4.78 is 7.88. The smallest absolute Gasteiger partial charge is 0.192 e. The fourth-order valence-corrected chi connectivity index (χ4v) is 4.86. The highest BCUT2D eigenvalue weighted by atomic mass is 32.2. The Hall–Kier alpha value is -2.90. The molecule has 2 aromatic carbocycles. The van der Waals surface area contributed by atoms with E-state index in [0.29, 0.717) is 19.1 Å². The number of hydrogen-bond donors (Lipinski definition) is 0. The van der Waals surface area contributed by atoms with Crippen molar-refractivity contribution in [2.75, 3.05) is 6.61 Å². The van der Waals surface area contributed by atoms with Crippen molar-refractivity contribution in [3.8, 4) is 27.7 Å². The van der Waals surface area contributed by atoms with Crippen LogP contribution in [0.15, 0.2) is 77.8 Å². The van der Waals surface area contributed by atoms with E-state index in [1.807, 2.05) is 48.5 Å². The molecule has 0 radical (unpaired) electrons. The van der Waals surface area contributed by atoms with Crippen LogP contribution in [0.25, 0.3) is 22.0 Å². The molecule has 0 bridgehead atoms. The number of nitrogens with zero attached hydrogens (tertiary/aromatic N) is 4. The molecule has 2 aromatic heterocycles. The maximum absolute atomic E-state index is 5.79. The molecule has 2 heterocycles. The third-order valence-corrected chi connectivity index (χ3v) is 6.59. The van der Waals surface area contributed by atoms with Crippen LogP contribution < -0.4 is 4.74 Å². The summed E-state index contributed by atoms with van der Waals surface area (Å²) in [6, 6.07) is 18.3. The molecule has 7 heteroatoms. The van der Waals surface area contributed by atoms with Gasteiger partial charge in [-0.25, -0.2) is 4.98 Å². The summed E-state index contributed by atoms with van der Waals surface area (Å²) in [5.74, 6) is 2.92. The fourth-order valence-electron chi connectivity index (χ4n) is 3.09. The molecule has 0 aliphatic carbocycles. The zero-order valence-electron chi connectivity index (χ0n) is 18.3. The predicted octanol–water partition coefficient (Wildman–Crippen LogP) is 6.58. The van der Waals surface area contributed by atoms with Gasteiger partial charge in [-0.1, -0.05) is 62.0 Å². The molecule has 0 aliphatic heterocycles. The first-order valence-electron chi connectivity index (χ1n) is 10.5. The van der Waals surface area contributed by atoms with Crippen LogP contribution in [-0.4, -0.2) is 26.4 Å². The van der Waals surface area contributed by atoms with E-state index < -0.39 is 0 Å². The van der Waals surface area contributed by atoms with E-state index in [9.17, 15) is 0 Å². The number of hydrogen-bond acceptors (Lipinski definition) is 6. The number of benzene rings is 2. The molecular weight excluding hydrogens is 436 g/mol. The molecule has 0 saturated heterocycles. The molecule has 32 heavy (non-hydrogen) atoms. The quantitative estimate of drug-likeness (QED) is 0.197. The summed E-state index contributed by atoms with van der Waals surface area (Å²) in [6.45, 7) is 9.53. The largest absolute Gasteiger partial charge is 0.493 e. The maximum Gasteiger partial charge on any atom is 0.192 e. The van der Waals surface area contributed by atoms with Crippen molar-refractivity contribution in [3.05, 3.63) is 78.3 Å².